The van der Waals surface area contributed by atoms with Gasteiger partial charge in [-0.25, -0.2) is 15.1 Å². The maximum Gasteiger partial charge on any atom is 0.416 e. The number of nitrogens with one attached hydrogen (secondary N) is 2. The van der Waals surface area contributed by atoms with Crippen LogP contribution in [0.4, 0.5) is 13.2 Å². The number of nitrogens with zero attached hydrogens (tertiary/aromatic N) is 3. The summed E-state index contributed by atoms with van der Waals surface area (Å²) in [5, 5.41) is 7.12. The summed E-state index contributed by atoms with van der Waals surface area (Å²) in [5.41, 5.74) is 1.82. The van der Waals surface area contributed by atoms with E-state index in [9.17, 15) is 27.6 Å². The quantitative estimate of drug-likeness (QED) is 0.278. The van der Waals surface area contributed by atoms with Crippen LogP contribution in [0.3, 0.4) is 0 Å². The van der Waals surface area contributed by atoms with Crippen LogP contribution in [0.5, 0.6) is 0 Å². The molecule has 12 heteroatoms. The molecule has 0 aliphatic heterocycles. The molecule has 1 unspecified atom stereocenters. The first-order valence-corrected chi connectivity index (χ1v) is 10.9. The Labute approximate surface area is 208 Å². The van der Waals surface area contributed by atoms with Gasteiger partial charge in [0.05, 0.1) is 23.8 Å². The molecule has 0 bridgehead atoms. The second kappa shape index (κ2) is 10.6. The van der Waals surface area contributed by atoms with Crippen LogP contribution in [0.15, 0.2) is 73.1 Å². The van der Waals surface area contributed by atoms with E-state index in [4.69, 9.17) is 0 Å². The van der Waals surface area contributed by atoms with Gasteiger partial charge in [0.1, 0.15) is 6.04 Å². The second-order valence-electron chi connectivity index (χ2n) is 7.93. The number of aromatic nitrogens is 3. The lowest BCUT2D eigenvalue weighted by Gasteiger charge is -2.18. The highest BCUT2D eigenvalue weighted by Crippen LogP contribution is 2.31. The van der Waals surface area contributed by atoms with Crippen molar-refractivity contribution in [1.82, 2.24) is 25.6 Å². The number of halogens is 3. The largest absolute Gasteiger partial charge is 0.416 e. The number of Topliss-reactive ketones (excluding diaryl/α,β-unsaturated/α-hetero) is 1. The Morgan fingerprint density at radius 1 is 1.05 bits per heavy atom. The molecule has 37 heavy (non-hydrogen) atoms. The number of hydroxylamine groups is 1. The predicted molar refractivity (Wildman–Crippen MR) is 125 cm³/mol. The summed E-state index contributed by atoms with van der Waals surface area (Å²) in [6.07, 6.45) is -1.70. The molecule has 0 aliphatic rings. The Hall–Kier alpha value is -4.58. The summed E-state index contributed by atoms with van der Waals surface area (Å²) >= 11 is 0. The molecule has 0 saturated carbocycles. The molecule has 2 N–H and O–H groups in total. The maximum absolute atomic E-state index is 13.3. The number of hydrogen-bond donors (Lipinski definition) is 2. The average molecular weight is 511 g/mol. The highest BCUT2D eigenvalue weighted by molar-refractivity contribution is 6.38. The van der Waals surface area contributed by atoms with E-state index in [2.05, 4.69) is 20.2 Å². The van der Waals surface area contributed by atoms with E-state index < -0.39 is 35.4 Å². The van der Waals surface area contributed by atoms with E-state index in [1.807, 2.05) is 5.48 Å². The van der Waals surface area contributed by atoms with Crippen LogP contribution in [0.25, 0.3) is 16.7 Å². The van der Waals surface area contributed by atoms with E-state index >= 15 is 0 Å². The molecule has 2 aromatic carbocycles. The SMILES string of the molecule is CONC(=O)C(=O)C(Cc1ccccc1)NC(=O)c1cccnc1-n1cc2ccc(C(F)(F)F)cc2n1. The van der Waals surface area contributed by atoms with Crippen LogP contribution >= 0.6 is 0 Å². The van der Waals surface area contributed by atoms with Crippen LogP contribution in [0.2, 0.25) is 0 Å². The normalized spacial score (nSPS) is 12.2. The molecule has 0 radical (unpaired) electrons. The van der Waals surface area contributed by atoms with Gasteiger partial charge < -0.3 is 5.32 Å². The summed E-state index contributed by atoms with van der Waals surface area (Å²) in [5.74, 6) is -2.70. The number of carbonyl (C=O) groups is 3. The molecular weight excluding hydrogens is 491 g/mol. The van der Waals surface area contributed by atoms with Crippen molar-refractivity contribution >= 4 is 28.5 Å². The number of pyridine rings is 1. The zero-order valence-corrected chi connectivity index (χ0v) is 19.3. The Balaban J connectivity index is 1.66. The van der Waals surface area contributed by atoms with Gasteiger partial charge in [0.25, 0.3) is 5.91 Å². The molecule has 2 aromatic heterocycles. The van der Waals surface area contributed by atoms with Crippen molar-refractivity contribution in [3.05, 3.63) is 89.7 Å². The van der Waals surface area contributed by atoms with Crippen molar-refractivity contribution in [2.75, 3.05) is 7.11 Å². The first kappa shape index (κ1) is 25.5. The minimum absolute atomic E-state index is 0.00985. The lowest BCUT2D eigenvalue weighted by atomic mass is 10.0. The lowest BCUT2D eigenvalue weighted by molar-refractivity contribution is -0.145. The number of carbonyl (C=O) groups excluding carboxylic acids is 3. The van der Waals surface area contributed by atoms with Crippen LogP contribution in [-0.2, 0) is 27.0 Å². The monoisotopic (exact) mass is 511 g/mol. The summed E-state index contributed by atoms with van der Waals surface area (Å²) < 4.78 is 40.5. The Morgan fingerprint density at radius 2 is 1.81 bits per heavy atom. The molecule has 2 amide bonds. The number of amides is 2. The Kier molecular flexibility index (Phi) is 7.30. The first-order chi connectivity index (χ1) is 17.7. The van der Waals surface area contributed by atoms with Gasteiger partial charge in [0, 0.05) is 24.2 Å². The van der Waals surface area contributed by atoms with Crippen LogP contribution in [-0.4, -0.2) is 45.5 Å². The fourth-order valence-electron chi connectivity index (χ4n) is 3.65. The van der Waals surface area contributed by atoms with Gasteiger partial charge in [-0.2, -0.15) is 18.3 Å². The standard InChI is InChI=1S/C25H20F3N5O4/c1-37-32-24(36)21(34)20(12-15-6-3-2-4-7-15)30-23(35)18-8-5-11-29-22(18)33-14-16-9-10-17(25(26,27)28)13-19(16)31-33/h2-11,13-14,20H,12H2,1H3,(H,30,35)(H,32,36). The van der Waals surface area contributed by atoms with Gasteiger partial charge >= 0.3 is 12.1 Å². The van der Waals surface area contributed by atoms with Crippen molar-refractivity contribution < 1.29 is 32.4 Å². The fraction of sp³-hybridized carbons (Fsp3) is 0.160. The van der Waals surface area contributed by atoms with Crippen molar-refractivity contribution in [1.29, 1.82) is 0 Å². The topological polar surface area (TPSA) is 115 Å². The van der Waals surface area contributed by atoms with Gasteiger partial charge in [-0.3, -0.25) is 19.2 Å². The number of fused-ring (bicyclic) bond motifs is 1. The summed E-state index contributed by atoms with van der Waals surface area (Å²) in [4.78, 5) is 46.9. The van der Waals surface area contributed by atoms with Crippen molar-refractivity contribution in [3.63, 3.8) is 0 Å². The minimum Gasteiger partial charge on any atom is -0.341 e. The van der Waals surface area contributed by atoms with Gasteiger partial charge in [-0.05, 0) is 29.8 Å². The molecule has 0 fully saturated rings. The third-order valence-electron chi connectivity index (χ3n) is 5.41. The van der Waals surface area contributed by atoms with E-state index in [1.54, 1.807) is 30.3 Å². The molecule has 190 valence electrons. The second-order valence-corrected chi connectivity index (χ2v) is 7.93. The van der Waals surface area contributed by atoms with Gasteiger partial charge in [0.15, 0.2) is 5.82 Å². The van der Waals surface area contributed by atoms with Crippen LogP contribution in [0.1, 0.15) is 21.5 Å². The number of benzene rings is 2. The molecule has 0 aliphatic carbocycles. The third kappa shape index (κ3) is 5.81. The van der Waals surface area contributed by atoms with Crippen molar-refractivity contribution in [2.45, 2.75) is 18.6 Å². The molecule has 9 nitrogen and oxygen atoms in total. The number of hydrogen-bond acceptors (Lipinski definition) is 6. The van der Waals surface area contributed by atoms with Crippen LogP contribution in [0, 0.1) is 0 Å². The molecule has 1 atom stereocenters. The van der Waals surface area contributed by atoms with Gasteiger partial charge in [0.2, 0.25) is 5.78 Å². The number of rotatable bonds is 8. The fourth-order valence-corrected chi connectivity index (χ4v) is 3.65. The summed E-state index contributed by atoms with van der Waals surface area (Å²) in [6, 6.07) is 13.5. The highest BCUT2D eigenvalue weighted by atomic mass is 19.4. The van der Waals surface area contributed by atoms with Crippen molar-refractivity contribution in [3.8, 4) is 5.82 Å². The molecule has 4 rings (SSSR count). The first-order valence-electron chi connectivity index (χ1n) is 10.9. The van der Waals surface area contributed by atoms with Crippen LogP contribution < -0.4 is 10.8 Å². The Bertz CT molecular complexity index is 1450. The predicted octanol–water partition coefficient (Wildman–Crippen LogP) is 3.03. The van der Waals surface area contributed by atoms with E-state index in [0.29, 0.717) is 10.9 Å². The zero-order chi connectivity index (χ0) is 26.6. The highest BCUT2D eigenvalue weighted by Gasteiger charge is 2.31. The zero-order valence-electron chi connectivity index (χ0n) is 19.3. The van der Waals surface area contributed by atoms with E-state index in [1.165, 1.54) is 42.4 Å². The minimum atomic E-state index is -4.54. The Morgan fingerprint density at radius 3 is 2.51 bits per heavy atom. The molecule has 0 saturated heterocycles. The average Bonchev–Trinajstić information content (AvgIpc) is 3.31. The molecule has 0 spiro atoms. The van der Waals surface area contributed by atoms with Crippen molar-refractivity contribution in [2.24, 2.45) is 0 Å². The van der Waals surface area contributed by atoms with E-state index in [0.717, 1.165) is 12.1 Å². The van der Waals surface area contributed by atoms with E-state index in [-0.39, 0.29) is 23.3 Å². The number of ketones is 1. The lowest BCUT2D eigenvalue weighted by Crippen LogP contribution is -2.48. The third-order valence-corrected chi connectivity index (χ3v) is 5.41. The summed E-state index contributed by atoms with van der Waals surface area (Å²) in [6.45, 7) is 0. The summed E-state index contributed by atoms with van der Waals surface area (Å²) in [7, 11) is 1.17. The van der Waals surface area contributed by atoms with Gasteiger partial charge in [-0.1, -0.05) is 36.4 Å². The molecule has 2 heterocycles. The molecule has 4 aromatic rings. The van der Waals surface area contributed by atoms with Gasteiger partial charge in [-0.15, -0.1) is 0 Å². The maximum atomic E-state index is 13.3. The molecular formula is C25H20F3N5O4. The number of alkyl halides is 3. The smallest absolute Gasteiger partial charge is 0.341 e.